The van der Waals surface area contributed by atoms with Crippen molar-refractivity contribution in [3.05, 3.63) is 29.6 Å². The van der Waals surface area contributed by atoms with Gasteiger partial charge in [0.1, 0.15) is 17.9 Å². The summed E-state index contributed by atoms with van der Waals surface area (Å²) in [7, 11) is 0. The van der Waals surface area contributed by atoms with Gasteiger partial charge in [-0.1, -0.05) is 0 Å². The van der Waals surface area contributed by atoms with Gasteiger partial charge in [0.2, 0.25) is 5.91 Å². The molecule has 1 heterocycles. The summed E-state index contributed by atoms with van der Waals surface area (Å²) in [5.74, 6) is -0.546. The molecule has 0 aliphatic carbocycles. The second-order valence-corrected chi connectivity index (χ2v) is 4.70. The Kier molecular flexibility index (Phi) is 4.00. The van der Waals surface area contributed by atoms with Gasteiger partial charge in [-0.15, -0.1) is 0 Å². The lowest BCUT2D eigenvalue weighted by atomic mass is 10.2. The van der Waals surface area contributed by atoms with Gasteiger partial charge in [0.15, 0.2) is 0 Å². The van der Waals surface area contributed by atoms with Crippen molar-refractivity contribution in [3.8, 4) is 6.07 Å². The van der Waals surface area contributed by atoms with Crippen molar-refractivity contribution in [2.24, 2.45) is 0 Å². The molecule has 0 saturated carbocycles. The minimum absolute atomic E-state index is 0.00377. The molecule has 1 aliphatic rings. The van der Waals surface area contributed by atoms with Crippen LogP contribution in [0.4, 0.5) is 10.1 Å². The summed E-state index contributed by atoms with van der Waals surface area (Å²) >= 11 is 0. The maximum Gasteiger partial charge on any atom is 0.244 e. The van der Waals surface area contributed by atoms with E-state index < -0.39 is 11.9 Å². The third-order valence-corrected chi connectivity index (χ3v) is 3.26. The molecule has 0 bridgehead atoms. The summed E-state index contributed by atoms with van der Waals surface area (Å²) in [6.45, 7) is 3.36. The Morgan fingerprint density at radius 1 is 1.47 bits per heavy atom. The molecule has 5 heteroatoms. The van der Waals surface area contributed by atoms with E-state index in [1.807, 2.05) is 4.90 Å². The number of hydrogen-bond acceptors (Lipinski definition) is 3. The van der Waals surface area contributed by atoms with Crippen molar-refractivity contribution in [3.63, 3.8) is 0 Å². The SMILES string of the molecule is CC(Nc1ccc(C#N)c(F)c1)C(=O)N1CCCC1. The van der Waals surface area contributed by atoms with Crippen LogP contribution in [0, 0.1) is 17.1 Å². The summed E-state index contributed by atoms with van der Waals surface area (Å²) in [5.41, 5.74) is 0.514. The average Bonchev–Trinajstić information content (AvgIpc) is 2.92. The summed E-state index contributed by atoms with van der Waals surface area (Å²) in [6, 6.07) is 5.62. The first-order valence-corrected chi connectivity index (χ1v) is 6.37. The van der Waals surface area contributed by atoms with E-state index in [2.05, 4.69) is 5.32 Å². The van der Waals surface area contributed by atoms with E-state index in [1.54, 1.807) is 19.1 Å². The summed E-state index contributed by atoms with van der Waals surface area (Å²) < 4.78 is 13.4. The standard InChI is InChI=1S/C14H16FN3O/c1-10(14(19)18-6-2-3-7-18)17-12-5-4-11(9-16)13(15)8-12/h4-5,8,10,17H,2-3,6-7H2,1H3. The van der Waals surface area contributed by atoms with E-state index >= 15 is 0 Å². The predicted molar refractivity (Wildman–Crippen MR) is 70.0 cm³/mol. The fourth-order valence-electron chi connectivity index (χ4n) is 2.22. The Hall–Kier alpha value is -2.09. The molecule has 1 unspecified atom stereocenters. The fourth-order valence-corrected chi connectivity index (χ4v) is 2.22. The molecule has 1 aromatic rings. The average molecular weight is 261 g/mol. The van der Waals surface area contributed by atoms with E-state index in [0.29, 0.717) is 5.69 Å². The van der Waals surface area contributed by atoms with Crippen molar-refractivity contribution >= 4 is 11.6 Å². The van der Waals surface area contributed by atoms with Crippen molar-refractivity contribution in [2.75, 3.05) is 18.4 Å². The summed E-state index contributed by atoms with van der Waals surface area (Å²) in [6.07, 6.45) is 2.09. The number of likely N-dealkylation sites (tertiary alicyclic amines) is 1. The first-order valence-electron chi connectivity index (χ1n) is 6.37. The first-order chi connectivity index (χ1) is 9.11. The van der Waals surface area contributed by atoms with Crippen LogP contribution < -0.4 is 5.32 Å². The second kappa shape index (κ2) is 5.70. The largest absolute Gasteiger partial charge is 0.374 e. The Balaban J connectivity index is 2.02. The van der Waals surface area contributed by atoms with Gasteiger partial charge in [0.25, 0.3) is 0 Å². The highest BCUT2D eigenvalue weighted by Gasteiger charge is 2.23. The zero-order valence-corrected chi connectivity index (χ0v) is 10.8. The highest BCUT2D eigenvalue weighted by molar-refractivity contribution is 5.84. The zero-order valence-electron chi connectivity index (χ0n) is 10.8. The number of hydrogen-bond donors (Lipinski definition) is 1. The maximum absolute atomic E-state index is 13.4. The monoisotopic (exact) mass is 261 g/mol. The van der Waals surface area contributed by atoms with Crippen LogP contribution in [0.25, 0.3) is 0 Å². The molecule has 1 amide bonds. The third kappa shape index (κ3) is 3.02. The molecule has 100 valence electrons. The van der Waals surface area contributed by atoms with Gasteiger partial charge >= 0.3 is 0 Å². The maximum atomic E-state index is 13.4. The molecule has 1 aromatic carbocycles. The number of nitrogens with zero attached hydrogens (tertiary/aromatic N) is 2. The summed E-state index contributed by atoms with van der Waals surface area (Å²) in [4.78, 5) is 13.9. The third-order valence-electron chi connectivity index (χ3n) is 3.26. The lowest BCUT2D eigenvalue weighted by molar-refractivity contribution is -0.130. The number of nitriles is 1. The lowest BCUT2D eigenvalue weighted by Crippen LogP contribution is -2.39. The van der Waals surface area contributed by atoms with E-state index in [1.165, 1.54) is 12.1 Å². The molecule has 0 radical (unpaired) electrons. The number of halogens is 1. The number of amides is 1. The Bertz CT molecular complexity index is 518. The van der Waals surface area contributed by atoms with Crippen LogP contribution in [0.1, 0.15) is 25.3 Å². The van der Waals surface area contributed by atoms with Gasteiger partial charge < -0.3 is 10.2 Å². The number of benzene rings is 1. The molecule has 0 aromatic heterocycles. The van der Waals surface area contributed by atoms with Crippen LogP contribution in [-0.4, -0.2) is 29.9 Å². The van der Waals surface area contributed by atoms with Crippen molar-refractivity contribution < 1.29 is 9.18 Å². The molecule has 1 N–H and O–H groups in total. The Morgan fingerprint density at radius 3 is 2.74 bits per heavy atom. The predicted octanol–water partition coefficient (Wildman–Crippen LogP) is 2.12. The van der Waals surface area contributed by atoms with Crippen molar-refractivity contribution in [1.82, 2.24) is 4.90 Å². The quantitative estimate of drug-likeness (QED) is 0.906. The van der Waals surface area contributed by atoms with Crippen LogP contribution in [0.2, 0.25) is 0 Å². The van der Waals surface area contributed by atoms with Crippen LogP contribution in [0.5, 0.6) is 0 Å². The molecule has 1 saturated heterocycles. The van der Waals surface area contributed by atoms with E-state index in [0.717, 1.165) is 25.9 Å². The fraction of sp³-hybridized carbons (Fsp3) is 0.429. The van der Waals surface area contributed by atoms with Gasteiger partial charge in [0, 0.05) is 18.8 Å². The molecule has 1 aliphatic heterocycles. The number of carbonyl (C=O) groups excluding carboxylic acids is 1. The molecule has 19 heavy (non-hydrogen) atoms. The van der Waals surface area contributed by atoms with Crippen molar-refractivity contribution in [1.29, 1.82) is 5.26 Å². The minimum atomic E-state index is -0.576. The number of rotatable bonds is 3. The molecular formula is C14H16FN3O. The minimum Gasteiger partial charge on any atom is -0.374 e. The van der Waals surface area contributed by atoms with E-state index in [4.69, 9.17) is 5.26 Å². The van der Waals surface area contributed by atoms with Crippen LogP contribution in [-0.2, 0) is 4.79 Å². The van der Waals surface area contributed by atoms with Crippen LogP contribution in [0.3, 0.4) is 0 Å². The highest BCUT2D eigenvalue weighted by Crippen LogP contribution is 2.16. The molecule has 1 fully saturated rings. The first kappa shape index (κ1) is 13.3. The Labute approximate surface area is 111 Å². The number of anilines is 1. The zero-order chi connectivity index (χ0) is 13.8. The van der Waals surface area contributed by atoms with Crippen LogP contribution in [0.15, 0.2) is 18.2 Å². The topological polar surface area (TPSA) is 56.1 Å². The van der Waals surface area contributed by atoms with E-state index in [9.17, 15) is 9.18 Å². The van der Waals surface area contributed by atoms with Gasteiger partial charge in [0.05, 0.1) is 5.56 Å². The normalized spacial score (nSPS) is 15.9. The van der Waals surface area contributed by atoms with Gasteiger partial charge in [-0.25, -0.2) is 4.39 Å². The summed E-state index contributed by atoms with van der Waals surface area (Å²) in [5, 5.41) is 11.6. The molecule has 0 spiro atoms. The molecular weight excluding hydrogens is 245 g/mol. The van der Waals surface area contributed by atoms with E-state index in [-0.39, 0.29) is 11.5 Å². The molecule has 2 rings (SSSR count). The second-order valence-electron chi connectivity index (χ2n) is 4.70. The number of carbonyl (C=O) groups is 1. The van der Waals surface area contributed by atoms with Gasteiger partial charge in [-0.3, -0.25) is 4.79 Å². The molecule has 1 atom stereocenters. The highest BCUT2D eigenvalue weighted by atomic mass is 19.1. The smallest absolute Gasteiger partial charge is 0.244 e. The molecule has 4 nitrogen and oxygen atoms in total. The lowest BCUT2D eigenvalue weighted by Gasteiger charge is -2.21. The van der Waals surface area contributed by atoms with Crippen molar-refractivity contribution in [2.45, 2.75) is 25.8 Å². The van der Waals surface area contributed by atoms with Gasteiger partial charge in [-0.05, 0) is 38.0 Å². The van der Waals surface area contributed by atoms with Gasteiger partial charge in [-0.2, -0.15) is 5.26 Å². The Morgan fingerprint density at radius 2 is 2.16 bits per heavy atom. The number of nitrogens with one attached hydrogen (secondary N) is 1. The van der Waals surface area contributed by atoms with Crippen LogP contribution >= 0.6 is 0 Å².